The summed E-state index contributed by atoms with van der Waals surface area (Å²) in [5, 5.41) is 6.99. The number of nitrogens with zero attached hydrogens (tertiary/aromatic N) is 3. The molecule has 2 aromatic rings. The Balaban J connectivity index is 1.60. The van der Waals surface area contributed by atoms with Gasteiger partial charge in [-0.15, -0.1) is 0 Å². The lowest BCUT2D eigenvalue weighted by atomic mass is 10.0. The molecule has 3 heterocycles. The Hall–Kier alpha value is -2.23. The van der Waals surface area contributed by atoms with Crippen LogP contribution in [-0.2, 0) is 27.7 Å². The van der Waals surface area contributed by atoms with Gasteiger partial charge >= 0.3 is 0 Å². The van der Waals surface area contributed by atoms with Crippen molar-refractivity contribution in [3.05, 3.63) is 47.3 Å². The van der Waals surface area contributed by atoms with Gasteiger partial charge in [0.05, 0.1) is 23.8 Å². The van der Waals surface area contributed by atoms with Crippen molar-refractivity contribution in [3.8, 4) is 0 Å². The predicted octanol–water partition coefficient (Wildman–Crippen LogP) is 0.951. The molecule has 27 heavy (non-hydrogen) atoms. The number of amides is 1. The summed E-state index contributed by atoms with van der Waals surface area (Å²) in [7, 11) is -3.71. The Morgan fingerprint density at radius 1 is 1.37 bits per heavy atom. The zero-order valence-corrected chi connectivity index (χ0v) is 15.9. The van der Waals surface area contributed by atoms with Gasteiger partial charge < -0.3 is 10.1 Å². The number of benzene rings is 1. The minimum absolute atomic E-state index is 0.142. The third-order valence-electron chi connectivity index (χ3n) is 5.02. The number of morpholine rings is 1. The number of nitrogens with one attached hydrogen (secondary N) is 1. The number of carbonyl (C=O) groups is 1. The van der Waals surface area contributed by atoms with Crippen molar-refractivity contribution in [1.29, 1.82) is 0 Å². The molecule has 0 radical (unpaired) electrons. The fourth-order valence-corrected chi connectivity index (χ4v) is 4.92. The molecule has 1 aromatic heterocycles. The Morgan fingerprint density at radius 3 is 3.00 bits per heavy atom. The summed E-state index contributed by atoms with van der Waals surface area (Å²) < 4.78 is 35.2. The molecule has 1 N–H and O–H groups in total. The van der Waals surface area contributed by atoms with Crippen LogP contribution in [0.5, 0.6) is 0 Å². The topological polar surface area (TPSA) is 93.5 Å². The van der Waals surface area contributed by atoms with E-state index in [4.69, 9.17) is 4.74 Å². The molecule has 0 unspecified atom stereocenters. The summed E-state index contributed by atoms with van der Waals surface area (Å²) in [6.45, 7) is 4.12. The summed E-state index contributed by atoms with van der Waals surface area (Å²) in [6.07, 6.45) is 3.95. The molecule has 1 saturated heterocycles. The van der Waals surface area contributed by atoms with E-state index in [-0.39, 0.29) is 30.0 Å². The van der Waals surface area contributed by atoms with Crippen molar-refractivity contribution >= 4 is 15.9 Å². The van der Waals surface area contributed by atoms with Gasteiger partial charge in [0.25, 0.3) is 5.91 Å². The van der Waals surface area contributed by atoms with Gasteiger partial charge in [-0.2, -0.15) is 9.40 Å². The van der Waals surface area contributed by atoms with E-state index in [2.05, 4.69) is 10.4 Å². The minimum atomic E-state index is -3.71. The van der Waals surface area contributed by atoms with Gasteiger partial charge in [0.1, 0.15) is 0 Å². The van der Waals surface area contributed by atoms with E-state index in [0.29, 0.717) is 25.1 Å². The number of ether oxygens (including phenoxy) is 1. The summed E-state index contributed by atoms with van der Waals surface area (Å²) >= 11 is 0. The van der Waals surface area contributed by atoms with Crippen molar-refractivity contribution in [2.45, 2.75) is 30.9 Å². The van der Waals surface area contributed by atoms with E-state index in [0.717, 1.165) is 17.7 Å². The first-order valence-electron chi connectivity index (χ1n) is 9.04. The molecule has 2 aliphatic heterocycles. The van der Waals surface area contributed by atoms with E-state index < -0.39 is 10.0 Å². The van der Waals surface area contributed by atoms with E-state index >= 15 is 0 Å². The molecule has 1 fully saturated rings. The minimum Gasteiger partial charge on any atom is -0.371 e. The summed E-state index contributed by atoms with van der Waals surface area (Å²) in [4.78, 5) is 12.2. The highest BCUT2D eigenvalue weighted by Crippen LogP contribution is 2.27. The van der Waals surface area contributed by atoms with Crippen LogP contribution in [0.1, 0.15) is 34.5 Å². The first-order valence-corrected chi connectivity index (χ1v) is 10.5. The highest BCUT2D eigenvalue weighted by molar-refractivity contribution is 7.89. The average molecular weight is 390 g/mol. The van der Waals surface area contributed by atoms with Crippen LogP contribution in [0, 0.1) is 0 Å². The van der Waals surface area contributed by atoms with Crippen LogP contribution in [0.2, 0.25) is 0 Å². The SMILES string of the molecule is CCn1cc([C@@H]2CN(S(=O)(=O)c3ccc4c(c3)C(=O)NCC4)CCO2)cn1. The fourth-order valence-electron chi connectivity index (χ4n) is 3.46. The normalized spacial score (nSPS) is 20.9. The highest BCUT2D eigenvalue weighted by atomic mass is 32.2. The molecule has 4 rings (SSSR count). The lowest BCUT2D eigenvalue weighted by Gasteiger charge is -2.32. The molecule has 0 saturated carbocycles. The third kappa shape index (κ3) is 3.38. The van der Waals surface area contributed by atoms with Crippen LogP contribution in [0.4, 0.5) is 0 Å². The molecule has 2 aliphatic rings. The highest BCUT2D eigenvalue weighted by Gasteiger charge is 2.33. The van der Waals surface area contributed by atoms with E-state index in [1.165, 1.54) is 10.4 Å². The molecule has 0 aliphatic carbocycles. The second-order valence-corrected chi connectivity index (χ2v) is 8.61. The Kier molecular flexibility index (Phi) is 4.75. The fraction of sp³-hybridized carbons (Fsp3) is 0.444. The number of carbonyl (C=O) groups excluding carboxylic acids is 1. The number of aromatic nitrogens is 2. The second kappa shape index (κ2) is 7.06. The Morgan fingerprint density at radius 2 is 2.22 bits per heavy atom. The maximum atomic E-state index is 13.1. The molecule has 8 nitrogen and oxygen atoms in total. The van der Waals surface area contributed by atoms with Gasteiger partial charge in [-0.3, -0.25) is 9.48 Å². The van der Waals surface area contributed by atoms with Crippen LogP contribution in [0.15, 0.2) is 35.5 Å². The summed E-state index contributed by atoms with van der Waals surface area (Å²) in [6, 6.07) is 4.81. The number of aryl methyl sites for hydroxylation is 1. The van der Waals surface area contributed by atoms with Gasteiger partial charge in [0, 0.05) is 43.5 Å². The number of rotatable bonds is 4. The smallest absolute Gasteiger partial charge is 0.251 e. The van der Waals surface area contributed by atoms with Crippen LogP contribution >= 0.6 is 0 Å². The van der Waals surface area contributed by atoms with Crippen molar-refractivity contribution in [1.82, 2.24) is 19.4 Å². The molecular weight excluding hydrogens is 368 g/mol. The molecule has 1 aromatic carbocycles. The van der Waals surface area contributed by atoms with Crippen molar-refractivity contribution < 1.29 is 17.9 Å². The Labute approximate surface area is 158 Å². The first-order chi connectivity index (χ1) is 13.0. The summed E-state index contributed by atoms with van der Waals surface area (Å²) in [5.41, 5.74) is 2.18. The van der Waals surface area contributed by atoms with Gasteiger partial charge in [-0.05, 0) is 31.0 Å². The number of hydrogen-bond acceptors (Lipinski definition) is 5. The maximum Gasteiger partial charge on any atom is 0.251 e. The molecule has 1 amide bonds. The molecule has 0 spiro atoms. The number of hydrogen-bond donors (Lipinski definition) is 1. The standard InChI is InChI=1S/C18H22N4O4S/c1-2-21-11-14(10-20-21)17-12-22(7-8-26-17)27(24,25)15-4-3-13-5-6-19-18(23)16(13)9-15/h3-4,9-11,17H,2,5-8,12H2,1H3,(H,19,23)/t17-/m0/s1. The monoisotopic (exact) mass is 390 g/mol. The van der Waals surface area contributed by atoms with Gasteiger partial charge in [-0.1, -0.05) is 6.07 Å². The van der Waals surface area contributed by atoms with Crippen LogP contribution in [0.25, 0.3) is 0 Å². The number of sulfonamides is 1. The van der Waals surface area contributed by atoms with Crippen molar-refractivity contribution in [2.24, 2.45) is 0 Å². The molecule has 0 bridgehead atoms. The summed E-state index contributed by atoms with van der Waals surface area (Å²) in [5.74, 6) is -0.222. The lowest BCUT2D eigenvalue weighted by molar-refractivity contribution is -0.00260. The maximum absolute atomic E-state index is 13.1. The average Bonchev–Trinajstić information content (AvgIpc) is 3.17. The molecule has 1 atom stereocenters. The zero-order valence-electron chi connectivity index (χ0n) is 15.1. The zero-order chi connectivity index (χ0) is 19.0. The van der Waals surface area contributed by atoms with Crippen molar-refractivity contribution in [2.75, 3.05) is 26.2 Å². The largest absolute Gasteiger partial charge is 0.371 e. The van der Waals surface area contributed by atoms with Gasteiger partial charge in [-0.25, -0.2) is 8.42 Å². The van der Waals surface area contributed by atoms with E-state index in [1.807, 2.05) is 13.1 Å². The van der Waals surface area contributed by atoms with E-state index in [1.54, 1.807) is 23.0 Å². The third-order valence-corrected chi connectivity index (χ3v) is 6.88. The first kappa shape index (κ1) is 18.1. The lowest BCUT2D eigenvalue weighted by Crippen LogP contribution is -2.42. The quantitative estimate of drug-likeness (QED) is 0.839. The second-order valence-electron chi connectivity index (χ2n) is 6.68. The number of fused-ring (bicyclic) bond motifs is 1. The molecular formula is C18H22N4O4S. The van der Waals surface area contributed by atoms with E-state index in [9.17, 15) is 13.2 Å². The Bertz CT molecular complexity index is 969. The molecule has 9 heteroatoms. The van der Waals surface area contributed by atoms with Crippen LogP contribution < -0.4 is 5.32 Å². The van der Waals surface area contributed by atoms with Gasteiger partial charge in [0.15, 0.2) is 0 Å². The van der Waals surface area contributed by atoms with Crippen molar-refractivity contribution in [3.63, 3.8) is 0 Å². The van der Waals surface area contributed by atoms with Crippen LogP contribution in [-0.4, -0.2) is 54.7 Å². The molecule has 144 valence electrons. The predicted molar refractivity (Wildman–Crippen MR) is 97.8 cm³/mol. The van der Waals surface area contributed by atoms with Gasteiger partial charge in [0.2, 0.25) is 10.0 Å². The van der Waals surface area contributed by atoms with Crippen LogP contribution in [0.3, 0.4) is 0 Å².